The normalized spacial score (nSPS) is 16.7. The Balaban J connectivity index is 1.73. The number of piperidine rings is 1. The van der Waals surface area contributed by atoms with Crippen molar-refractivity contribution < 1.29 is 13.2 Å². The molecule has 1 aromatic rings. The van der Waals surface area contributed by atoms with Gasteiger partial charge in [0.25, 0.3) is 0 Å². The average molecular weight is 324 g/mol. The van der Waals surface area contributed by atoms with Crippen LogP contribution in [-0.4, -0.2) is 44.6 Å². The topological polar surface area (TPSA) is 66.5 Å². The number of hydrogen-bond acceptors (Lipinski definition) is 3. The number of aryl methyl sites for hydroxylation is 1. The molecule has 1 amide bonds. The number of sulfonamides is 1. The van der Waals surface area contributed by atoms with E-state index in [1.807, 2.05) is 35.2 Å². The fourth-order valence-corrected chi connectivity index (χ4v) is 3.80. The first-order valence-corrected chi connectivity index (χ1v) is 9.38. The van der Waals surface area contributed by atoms with Crippen molar-refractivity contribution in [2.45, 2.75) is 26.2 Å². The average Bonchev–Trinajstić information content (AvgIpc) is 2.53. The molecule has 5 nitrogen and oxygen atoms in total. The number of benzene rings is 1. The minimum absolute atomic E-state index is 0.0990. The lowest BCUT2D eigenvalue weighted by Crippen LogP contribution is -2.41. The summed E-state index contributed by atoms with van der Waals surface area (Å²) in [5, 5.41) is 0. The zero-order valence-corrected chi connectivity index (χ0v) is 13.8. The highest BCUT2D eigenvalue weighted by atomic mass is 32.2. The third-order valence-electron chi connectivity index (χ3n) is 4.15. The van der Waals surface area contributed by atoms with E-state index in [0.717, 1.165) is 31.5 Å². The number of likely N-dealkylation sites (tertiary alicyclic amines) is 1. The molecule has 22 heavy (non-hydrogen) atoms. The van der Waals surface area contributed by atoms with Gasteiger partial charge in [-0.15, -0.1) is 0 Å². The molecule has 6 heteroatoms. The molecule has 1 aliphatic rings. The maximum absolute atomic E-state index is 12.0. The van der Waals surface area contributed by atoms with Crippen LogP contribution in [0.5, 0.6) is 0 Å². The van der Waals surface area contributed by atoms with Crippen molar-refractivity contribution in [2.75, 3.05) is 25.4 Å². The monoisotopic (exact) mass is 324 g/mol. The van der Waals surface area contributed by atoms with E-state index in [4.69, 9.17) is 0 Å². The Hall–Kier alpha value is -1.40. The van der Waals surface area contributed by atoms with Gasteiger partial charge in [-0.2, -0.15) is 0 Å². The number of rotatable bonds is 6. The van der Waals surface area contributed by atoms with E-state index < -0.39 is 10.0 Å². The Kier molecular flexibility index (Phi) is 5.97. The molecule has 1 fully saturated rings. The van der Waals surface area contributed by atoms with Crippen LogP contribution in [0.1, 0.15) is 25.3 Å². The number of carbonyl (C=O) groups is 1. The van der Waals surface area contributed by atoms with Gasteiger partial charge < -0.3 is 4.90 Å². The third kappa shape index (κ3) is 5.42. The minimum Gasteiger partial charge on any atom is -0.343 e. The second-order valence-electron chi connectivity index (χ2n) is 5.85. The van der Waals surface area contributed by atoms with Crippen LogP contribution in [0.25, 0.3) is 0 Å². The Morgan fingerprint density at radius 3 is 2.45 bits per heavy atom. The van der Waals surface area contributed by atoms with Crippen LogP contribution in [0.4, 0.5) is 0 Å². The minimum atomic E-state index is -3.24. The lowest BCUT2D eigenvalue weighted by Gasteiger charge is -2.31. The molecule has 1 aliphatic heterocycles. The second kappa shape index (κ2) is 7.74. The molecule has 1 heterocycles. The van der Waals surface area contributed by atoms with Crippen molar-refractivity contribution >= 4 is 15.9 Å². The highest BCUT2D eigenvalue weighted by molar-refractivity contribution is 7.89. The summed E-state index contributed by atoms with van der Waals surface area (Å²) in [6.07, 6.45) is 2.25. The van der Waals surface area contributed by atoms with Gasteiger partial charge in [0.1, 0.15) is 0 Å². The summed E-state index contributed by atoms with van der Waals surface area (Å²) in [5.74, 6) is 0.535. The maximum Gasteiger partial charge on any atom is 0.219 e. The predicted octanol–water partition coefficient (Wildman–Crippen LogP) is 1.41. The van der Waals surface area contributed by atoms with Crippen molar-refractivity contribution in [3.05, 3.63) is 35.9 Å². The first-order valence-electron chi connectivity index (χ1n) is 7.73. The molecule has 0 saturated carbocycles. The van der Waals surface area contributed by atoms with Gasteiger partial charge in [-0.3, -0.25) is 4.79 Å². The highest BCUT2D eigenvalue weighted by Crippen LogP contribution is 2.16. The lowest BCUT2D eigenvalue weighted by atomic mass is 9.97. The van der Waals surface area contributed by atoms with Gasteiger partial charge in [-0.05, 0) is 30.7 Å². The summed E-state index contributed by atoms with van der Waals surface area (Å²) in [6, 6.07) is 9.63. The summed E-state index contributed by atoms with van der Waals surface area (Å²) in [7, 11) is -3.24. The van der Waals surface area contributed by atoms with Crippen molar-refractivity contribution in [3.8, 4) is 0 Å². The summed E-state index contributed by atoms with van der Waals surface area (Å²) < 4.78 is 26.8. The zero-order chi connectivity index (χ0) is 16.0. The predicted molar refractivity (Wildman–Crippen MR) is 86.9 cm³/mol. The summed E-state index contributed by atoms with van der Waals surface area (Å²) in [6.45, 7) is 3.51. The van der Waals surface area contributed by atoms with Crippen LogP contribution in [-0.2, 0) is 21.2 Å². The number of hydrogen-bond donors (Lipinski definition) is 1. The third-order valence-corrected chi connectivity index (χ3v) is 5.50. The summed E-state index contributed by atoms with van der Waals surface area (Å²) >= 11 is 0. The van der Waals surface area contributed by atoms with Crippen molar-refractivity contribution in [3.63, 3.8) is 0 Å². The second-order valence-corrected chi connectivity index (χ2v) is 7.78. The van der Waals surface area contributed by atoms with E-state index in [9.17, 15) is 13.2 Å². The molecule has 0 unspecified atom stereocenters. The van der Waals surface area contributed by atoms with Gasteiger partial charge >= 0.3 is 0 Å². The van der Waals surface area contributed by atoms with Crippen LogP contribution in [0.15, 0.2) is 30.3 Å². The van der Waals surface area contributed by atoms with Gasteiger partial charge in [0.2, 0.25) is 15.9 Å². The molecule has 0 aliphatic carbocycles. The van der Waals surface area contributed by atoms with Gasteiger partial charge in [0, 0.05) is 26.6 Å². The highest BCUT2D eigenvalue weighted by Gasteiger charge is 2.22. The van der Waals surface area contributed by atoms with E-state index >= 15 is 0 Å². The molecule has 0 radical (unpaired) electrons. The molecule has 2 rings (SSSR count). The molecule has 0 aromatic heterocycles. The van der Waals surface area contributed by atoms with Crippen molar-refractivity contribution in [1.29, 1.82) is 0 Å². The lowest BCUT2D eigenvalue weighted by molar-refractivity contribution is -0.130. The Morgan fingerprint density at radius 2 is 1.86 bits per heavy atom. The van der Waals surface area contributed by atoms with E-state index in [1.165, 1.54) is 0 Å². The SMILES string of the molecule is CC(=O)N1CCC(CNS(=O)(=O)CCc2ccccc2)CC1. The van der Waals surface area contributed by atoms with E-state index in [2.05, 4.69) is 4.72 Å². The Bertz CT molecular complexity index is 579. The Morgan fingerprint density at radius 1 is 1.23 bits per heavy atom. The molecule has 0 bridgehead atoms. The van der Waals surface area contributed by atoms with E-state index in [1.54, 1.807) is 6.92 Å². The number of carbonyl (C=O) groups excluding carboxylic acids is 1. The summed E-state index contributed by atoms with van der Waals surface area (Å²) in [4.78, 5) is 13.1. The molecular formula is C16H24N2O3S. The largest absolute Gasteiger partial charge is 0.343 e. The number of nitrogens with zero attached hydrogens (tertiary/aromatic N) is 1. The molecular weight excluding hydrogens is 300 g/mol. The zero-order valence-electron chi connectivity index (χ0n) is 13.0. The first-order chi connectivity index (χ1) is 10.5. The van der Waals surface area contributed by atoms with E-state index in [-0.39, 0.29) is 11.7 Å². The molecule has 122 valence electrons. The molecule has 0 atom stereocenters. The molecule has 1 N–H and O–H groups in total. The first kappa shape index (κ1) is 17.0. The van der Waals surface area contributed by atoms with Crippen LogP contribution in [0.2, 0.25) is 0 Å². The maximum atomic E-state index is 12.0. The standard InChI is InChI=1S/C16H24N2O3S/c1-14(19)18-10-7-16(8-11-18)13-17-22(20,21)12-9-15-5-3-2-4-6-15/h2-6,16-17H,7-13H2,1H3. The quantitative estimate of drug-likeness (QED) is 0.860. The fourth-order valence-electron chi connectivity index (χ4n) is 2.67. The molecule has 0 spiro atoms. The molecule has 1 aromatic carbocycles. The van der Waals surface area contributed by atoms with Gasteiger partial charge in [0.15, 0.2) is 0 Å². The van der Waals surface area contributed by atoms with Gasteiger partial charge in [-0.1, -0.05) is 30.3 Å². The molecule has 1 saturated heterocycles. The van der Waals surface area contributed by atoms with Crippen molar-refractivity contribution in [1.82, 2.24) is 9.62 Å². The summed E-state index contributed by atoms with van der Waals surface area (Å²) in [5.41, 5.74) is 1.03. The van der Waals surface area contributed by atoms with Crippen LogP contribution >= 0.6 is 0 Å². The van der Waals surface area contributed by atoms with Gasteiger partial charge in [0.05, 0.1) is 5.75 Å². The fraction of sp³-hybridized carbons (Fsp3) is 0.562. The van der Waals surface area contributed by atoms with Crippen LogP contribution in [0.3, 0.4) is 0 Å². The van der Waals surface area contributed by atoms with Crippen LogP contribution in [0, 0.1) is 5.92 Å². The van der Waals surface area contributed by atoms with Crippen molar-refractivity contribution in [2.24, 2.45) is 5.92 Å². The number of amides is 1. The Labute approximate surface area is 132 Å². The number of nitrogens with one attached hydrogen (secondary N) is 1. The van der Waals surface area contributed by atoms with E-state index in [0.29, 0.717) is 18.9 Å². The van der Waals surface area contributed by atoms with Crippen LogP contribution < -0.4 is 4.72 Å². The van der Waals surface area contributed by atoms with Gasteiger partial charge in [-0.25, -0.2) is 13.1 Å². The smallest absolute Gasteiger partial charge is 0.219 e.